The number of nitrogens with zero attached hydrogens (tertiary/aromatic N) is 2. The predicted molar refractivity (Wildman–Crippen MR) is 66.1 cm³/mol. The number of aryl methyl sites for hydroxylation is 2. The number of Topliss-reactive ketones (excluding diaryl/α,β-unsaturated/α-hetero) is 1. The molecule has 0 saturated heterocycles. The maximum Gasteiger partial charge on any atom is 0.303 e. The van der Waals surface area contributed by atoms with Crippen molar-refractivity contribution < 1.29 is 19.3 Å². The Morgan fingerprint density at radius 3 is 2.56 bits per heavy atom. The molecule has 18 heavy (non-hydrogen) atoms. The van der Waals surface area contributed by atoms with Crippen LogP contribution in [0, 0.1) is 6.92 Å². The standard InChI is InChI=1S/C13H20N2O3/c1-11-14(2)9-10-15(11)8-4-3-5-12(16)6-7-13(17)18/h9-10H,3-8H2,1-2H3/p+1. The molecule has 5 nitrogen and oxygen atoms in total. The fourth-order valence-electron chi connectivity index (χ4n) is 1.81. The molecule has 0 fully saturated rings. The van der Waals surface area contributed by atoms with E-state index in [1.54, 1.807) is 0 Å². The molecule has 1 N–H and O–H groups in total. The van der Waals surface area contributed by atoms with Gasteiger partial charge in [-0.1, -0.05) is 0 Å². The zero-order chi connectivity index (χ0) is 13.5. The number of rotatable bonds is 8. The molecule has 0 spiro atoms. The Bertz CT molecular complexity index is 424. The van der Waals surface area contributed by atoms with Gasteiger partial charge in [0.25, 0.3) is 5.82 Å². The molecule has 0 aliphatic rings. The quantitative estimate of drug-likeness (QED) is 0.560. The number of carboxylic acids is 1. The minimum atomic E-state index is -0.904. The Labute approximate surface area is 107 Å². The smallest absolute Gasteiger partial charge is 0.303 e. The highest BCUT2D eigenvalue weighted by molar-refractivity contribution is 5.82. The van der Waals surface area contributed by atoms with Crippen molar-refractivity contribution in [3.63, 3.8) is 0 Å². The Morgan fingerprint density at radius 2 is 2.00 bits per heavy atom. The molecule has 1 aromatic heterocycles. The average Bonchev–Trinajstić information content (AvgIpc) is 2.63. The molecule has 0 aliphatic heterocycles. The van der Waals surface area contributed by atoms with Crippen LogP contribution in [-0.4, -0.2) is 21.4 Å². The van der Waals surface area contributed by atoms with Crippen LogP contribution in [-0.2, 0) is 23.2 Å². The van der Waals surface area contributed by atoms with Gasteiger partial charge in [-0.25, -0.2) is 9.13 Å². The highest BCUT2D eigenvalue weighted by Gasteiger charge is 2.09. The van der Waals surface area contributed by atoms with Crippen molar-refractivity contribution in [2.75, 3.05) is 0 Å². The maximum atomic E-state index is 11.4. The summed E-state index contributed by atoms with van der Waals surface area (Å²) in [6.45, 7) is 2.96. The highest BCUT2D eigenvalue weighted by Crippen LogP contribution is 2.02. The first-order valence-electron chi connectivity index (χ1n) is 6.25. The van der Waals surface area contributed by atoms with Crippen molar-refractivity contribution in [1.29, 1.82) is 0 Å². The van der Waals surface area contributed by atoms with Gasteiger partial charge in [0.2, 0.25) is 0 Å². The van der Waals surface area contributed by atoms with Crippen LogP contribution in [0.25, 0.3) is 0 Å². The van der Waals surface area contributed by atoms with E-state index in [-0.39, 0.29) is 18.6 Å². The van der Waals surface area contributed by atoms with E-state index in [0.29, 0.717) is 6.42 Å². The van der Waals surface area contributed by atoms with Gasteiger partial charge in [0, 0.05) is 19.8 Å². The molecule has 0 amide bonds. The van der Waals surface area contributed by atoms with Crippen molar-refractivity contribution in [2.45, 2.75) is 45.6 Å². The lowest BCUT2D eigenvalue weighted by Gasteiger charge is -2.00. The number of carboxylic acid groups (broad SMARTS) is 1. The van der Waals surface area contributed by atoms with Crippen LogP contribution in [0.5, 0.6) is 0 Å². The van der Waals surface area contributed by atoms with Crippen LogP contribution in [0.1, 0.15) is 37.9 Å². The molecule has 0 radical (unpaired) electrons. The van der Waals surface area contributed by atoms with Crippen molar-refractivity contribution in [3.8, 4) is 0 Å². The summed E-state index contributed by atoms with van der Waals surface area (Å²) in [5, 5.41) is 8.46. The summed E-state index contributed by atoms with van der Waals surface area (Å²) in [6.07, 6.45) is 6.39. The first-order valence-corrected chi connectivity index (χ1v) is 6.25. The van der Waals surface area contributed by atoms with E-state index >= 15 is 0 Å². The molecule has 0 aliphatic carbocycles. The van der Waals surface area contributed by atoms with Crippen LogP contribution >= 0.6 is 0 Å². The van der Waals surface area contributed by atoms with Gasteiger partial charge >= 0.3 is 5.97 Å². The lowest BCUT2D eigenvalue weighted by atomic mass is 10.1. The summed E-state index contributed by atoms with van der Waals surface area (Å²) in [7, 11) is 2.00. The number of unbranched alkanes of at least 4 members (excludes halogenated alkanes) is 1. The third-order valence-corrected chi connectivity index (χ3v) is 3.12. The van der Waals surface area contributed by atoms with Gasteiger partial charge in [0.1, 0.15) is 18.2 Å². The van der Waals surface area contributed by atoms with E-state index in [1.807, 2.05) is 19.4 Å². The highest BCUT2D eigenvalue weighted by atomic mass is 16.4. The van der Waals surface area contributed by atoms with Gasteiger partial charge < -0.3 is 5.11 Å². The SMILES string of the molecule is Cc1n(C)cc[n+]1CCCCC(=O)CCC(=O)O. The third kappa shape index (κ3) is 4.69. The van der Waals surface area contributed by atoms with E-state index < -0.39 is 5.97 Å². The number of ketones is 1. The van der Waals surface area contributed by atoms with Crippen molar-refractivity contribution in [3.05, 3.63) is 18.2 Å². The molecule has 1 heterocycles. The molecule has 1 rings (SSSR count). The largest absolute Gasteiger partial charge is 0.481 e. The minimum absolute atomic E-state index is 0.0483. The maximum absolute atomic E-state index is 11.4. The normalized spacial score (nSPS) is 10.6. The summed E-state index contributed by atoms with van der Waals surface area (Å²) in [4.78, 5) is 21.7. The average molecular weight is 253 g/mol. The second-order valence-corrected chi connectivity index (χ2v) is 4.54. The Kier molecular flexibility index (Phi) is 5.55. The van der Waals surface area contributed by atoms with Crippen LogP contribution in [0.2, 0.25) is 0 Å². The number of aromatic nitrogens is 2. The van der Waals surface area contributed by atoms with Crippen LogP contribution in [0.3, 0.4) is 0 Å². The van der Waals surface area contributed by atoms with Crippen LogP contribution in [0.15, 0.2) is 12.4 Å². The lowest BCUT2D eigenvalue weighted by Crippen LogP contribution is -2.35. The van der Waals surface area contributed by atoms with Crippen molar-refractivity contribution in [2.24, 2.45) is 7.05 Å². The number of carbonyl (C=O) groups is 2. The Morgan fingerprint density at radius 1 is 1.28 bits per heavy atom. The Balaban J connectivity index is 2.17. The van der Waals surface area contributed by atoms with Crippen molar-refractivity contribution in [1.82, 2.24) is 4.57 Å². The summed E-state index contributed by atoms with van der Waals surface area (Å²) in [5.41, 5.74) is 0. The molecular weight excluding hydrogens is 232 g/mol. The second-order valence-electron chi connectivity index (χ2n) is 4.54. The molecule has 0 aromatic carbocycles. The van der Waals surface area contributed by atoms with Gasteiger partial charge in [0.05, 0.1) is 20.0 Å². The second kappa shape index (κ2) is 6.93. The van der Waals surface area contributed by atoms with Crippen LogP contribution in [0.4, 0.5) is 0 Å². The number of hydrogen-bond donors (Lipinski definition) is 1. The lowest BCUT2D eigenvalue weighted by molar-refractivity contribution is -0.702. The zero-order valence-electron chi connectivity index (χ0n) is 11.1. The molecule has 100 valence electrons. The Hall–Kier alpha value is -1.65. The summed E-state index contributed by atoms with van der Waals surface area (Å²) in [5.74, 6) is 0.332. The van der Waals surface area contributed by atoms with Gasteiger partial charge in [-0.3, -0.25) is 9.59 Å². The summed E-state index contributed by atoms with van der Waals surface area (Å²) < 4.78 is 4.21. The first kappa shape index (κ1) is 14.4. The van der Waals surface area contributed by atoms with E-state index in [0.717, 1.165) is 19.4 Å². The minimum Gasteiger partial charge on any atom is -0.481 e. The molecule has 0 atom stereocenters. The van der Waals surface area contributed by atoms with E-state index in [9.17, 15) is 9.59 Å². The van der Waals surface area contributed by atoms with Crippen molar-refractivity contribution >= 4 is 11.8 Å². The van der Waals surface area contributed by atoms with E-state index in [4.69, 9.17) is 5.11 Å². The summed E-state index contributed by atoms with van der Waals surface area (Å²) in [6, 6.07) is 0. The summed E-state index contributed by atoms with van der Waals surface area (Å²) >= 11 is 0. The number of aliphatic carboxylic acids is 1. The predicted octanol–water partition coefficient (Wildman–Crippen LogP) is 1.23. The molecule has 0 unspecified atom stereocenters. The van der Waals surface area contributed by atoms with E-state index in [1.165, 1.54) is 5.82 Å². The number of imidazole rings is 1. The molecular formula is C13H21N2O3+. The van der Waals surface area contributed by atoms with E-state index in [2.05, 4.69) is 16.1 Å². The topological polar surface area (TPSA) is 63.2 Å². The number of hydrogen-bond acceptors (Lipinski definition) is 2. The van der Waals surface area contributed by atoms with Gasteiger partial charge in [-0.2, -0.15) is 0 Å². The molecule has 1 aromatic rings. The zero-order valence-corrected chi connectivity index (χ0v) is 11.1. The third-order valence-electron chi connectivity index (χ3n) is 3.12. The molecule has 0 bridgehead atoms. The molecule has 0 saturated carbocycles. The van der Waals surface area contributed by atoms with Gasteiger partial charge in [0.15, 0.2) is 0 Å². The van der Waals surface area contributed by atoms with Crippen LogP contribution < -0.4 is 4.57 Å². The fourth-order valence-corrected chi connectivity index (χ4v) is 1.81. The van der Waals surface area contributed by atoms with Gasteiger partial charge in [-0.05, 0) is 12.8 Å². The number of carbonyl (C=O) groups excluding carboxylic acids is 1. The molecule has 5 heteroatoms. The monoisotopic (exact) mass is 253 g/mol. The first-order chi connectivity index (χ1) is 8.50. The van der Waals surface area contributed by atoms with Gasteiger partial charge in [-0.15, -0.1) is 0 Å². The fraction of sp³-hybridized carbons (Fsp3) is 0.615.